The molecule has 0 radical (unpaired) electrons. The summed E-state index contributed by atoms with van der Waals surface area (Å²) >= 11 is 0. The fraction of sp³-hybridized carbons (Fsp3) is 0.700. The number of carbonyl (C=O) groups is 3. The molecule has 0 unspecified atom stereocenters. The summed E-state index contributed by atoms with van der Waals surface area (Å²) in [5, 5.41) is 6.89. The van der Waals surface area contributed by atoms with Crippen LogP contribution in [0, 0.1) is 5.92 Å². The van der Waals surface area contributed by atoms with Crippen LogP contribution in [0.4, 0.5) is 0 Å². The Labute approximate surface area is 165 Å². The van der Waals surface area contributed by atoms with E-state index in [4.69, 9.17) is 4.52 Å². The lowest BCUT2D eigenvalue weighted by molar-refractivity contribution is -0.138. The molecule has 1 atom stereocenters. The normalized spacial score (nSPS) is 20.1. The second-order valence-corrected chi connectivity index (χ2v) is 7.67. The van der Waals surface area contributed by atoms with Gasteiger partial charge >= 0.3 is 0 Å². The van der Waals surface area contributed by atoms with Gasteiger partial charge in [0.1, 0.15) is 0 Å². The lowest BCUT2D eigenvalue weighted by Crippen LogP contribution is -2.46. The SMILES string of the molecule is CCCc1cc(CNC(=O)[C@H]2CCC(=O)N(CCCN3CCCC3=O)C2)on1. The number of nitrogens with zero attached hydrogens (tertiary/aromatic N) is 3. The van der Waals surface area contributed by atoms with Crippen LogP contribution in [-0.4, -0.2) is 58.9 Å². The first-order valence-corrected chi connectivity index (χ1v) is 10.3. The number of piperidine rings is 1. The number of aromatic nitrogens is 1. The van der Waals surface area contributed by atoms with Crippen LogP contribution in [0.25, 0.3) is 0 Å². The Kier molecular flexibility index (Phi) is 7.06. The minimum Gasteiger partial charge on any atom is -0.359 e. The molecule has 0 saturated carbocycles. The third kappa shape index (κ3) is 5.33. The highest BCUT2D eigenvalue weighted by Gasteiger charge is 2.30. The summed E-state index contributed by atoms with van der Waals surface area (Å²) < 4.78 is 5.24. The Morgan fingerprint density at radius 3 is 2.79 bits per heavy atom. The van der Waals surface area contributed by atoms with Crippen LogP contribution in [0.15, 0.2) is 10.6 Å². The largest absolute Gasteiger partial charge is 0.359 e. The number of likely N-dealkylation sites (tertiary alicyclic amines) is 2. The highest BCUT2D eigenvalue weighted by atomic mass is 16.5. The van der Waals surface area contributed by atoms with E-state index in [0.717, 1.165) is 37.9 Å². The van der Waals surface area contributed by atoms with Gasteiger partial charge in [0.05, 0.1) is 18.2 Å². The molecular formula is C20H30N4O4. The van der Waals surface area contributed by atoms with Crippen molar-refractivity contribution in [3.05, 3.63) is 17.5 Å². The highest BCUT2D eigenvalue weighted by Crippen LogP contribution is 2.19. The second kappa shape index (κ2) is 9.71. The van der Waals surface area contributed by atoms with Crippen LogP contribution in [-0.2, 0) is 27.3 Å². The van der Waals surface area contributed by atoms with Gasteiger partial charge in [-0.25, -0.2) is 0 Å². The van der Waals surface area contributed by atoms with E-state index in [9.17, 15) is 14.4 Å². The number of aryl methyl sites for hydroxylation is 1. The third-order valence-electron chi connectivity index (χ3n) is 5.45. The van der Waals surface area contributed by atoms with E-state index in [-0.39, 0.29) is 23.6 Å². The van der Waals surface area contributed by atoms with Gasteiger partial charge in [-0.2, -0.15) is 0 Å². The van der Waals surface area contributed by atoms with Crippen molar-refractivity contribution < 1.29 is 18.9 Å². The second-order valence-electron chi connectivity index (χ2n) is 7.67. The first-order valence-electron chi connectivity index (χ1n) is 10.3. The fourth-order valence-electron chi connectivity index (χ4n) is 3.87. The number of rotatable bonds is 9. The number of hydrogen-bond donors (Lipinski definition) is 1. The standard InChI is InChI=1S/C20H30N4O4/c1-2-5-16-12-17(28-22-16)13-21-20(27)15-7-8-19(26)24(14-15)11-4-10-23-9-3-6-18(23)25/h12,15H,2-11,13-14H2,1H3,(H,21,27)/t15-/m0/s1. The van der Waals surface area contributed by atoms with Crippen molar-refractivity contribution in [2.75, 3.05) is 26.2 Å². The molecule has 3 heterocycles. The first kappa shape index (κ1) is 20.4. The summed E-state index contributed by atoms with van der Waals surface area (Å²) in [5.74, 6) is 0.689. The maximum absolute atomic E-state index is 12.5. The highest BCUT2D eigenvalue weighted by molar-refractivity contribution is 5.83. The Morgan fingerprint density at radius 1 is 1.25 bits per heavy atom. The average molecular weight is 390 g/mol. The molecule has 2 aliphatic rings. The number of hydrogen-bond acceptors (Lipinski definition) is 5. The van der Waals surface area contributed by atoms with E-state index < -0.39 is 0 Å². The van der Waals surface area contributed by atoms with Crippen molar-refractivity contribution in [3.8, 4) is 0 Å². The molecule has 0 aliphatic carbocycles. The van der Waals surface area contributed by atoms with E-state index in [1.807, 2.05) is 11.0 Å². The van der Waals surface area contributed by atoms with Crippen LogP contribution in [0.5, 0.6) is 0 Å². The van der Waals surface area contributed by atoms with E-state index in [0.29, 0.717) is 51.2 Å². The quantitative estimate of drug-likeness (QED) is 0.689. The zero-order chi connectivity index (χ0) is 19.9. The molecule has 3 amide bonds. The van der Waals surface area contributed by atoms with Gasteiger partial charge in [-0.1, -0.05) is 18.5 Å². The molecule has 1 N–H and O–H groups in total. The maximum Gasteiger partial charge on any atom is 0.225 e. The minimum atomic E-state index is -0.204. The molecule has 8 heteroatoms. The van der Waals surface area contributed by atoms with Crippen LogP contribution in [0.1, 0.15) is 56.9 Å². The van der Waals surface area contributed by atoms with Gasteiger partial charge < -0.3 is 19.6 Å². The van der Waals surface area contributed by atoms with Gasteiger partial charge in [0.25, 0.3) is 0 Å². The summed E-state index contributed by atoms with van der Waals surface area (Å²) in [4.78, 5) is 40.0. The van der Waals surface area contributed by atoms with Gasteiger partial charge in [-0.15, -0.1) is 0 Å². The first-order chi connectivity index (χ1) is 13.6. The van der Waals surface area contributed by atoms with Gasteiger partial charge in [-0.3, -0.25) is 14.4 Å². The molecule has 2 saturated heterocycles. The smallest absolute Gasteiger partial charge is 0.225 e. The van der Waals surface area contributed by atoms with E-state index in [2.05, 4.69) is 17.4 Å². The van der Waals surface area contributed by atoms with Crippen LogP contribution < -0.4 is 5.32 Å². The molecule has 28 heavy (non-hydrogen) atoms. The topological polar surface area (TPSA) is 95.8 Å². The molecule has 2 aliphatic heterocycles. The van der Waals surface area contributed by atoms with Crippen molar-refractivity contribution in [2.45, 2.75) is 58.4 Å². The molecule has 0 bridgehead atoms. The van der Waals surface area contributed by atoms with E-state index >= 15 is 0 Å². The Hall–Kier alpha value is -2.38. The van der Waals surface area contributed by atoms with Crippen molar-refractivity contribution >= 4 is 17.7 Å². The zero-order valence-corrected chi connectivity index (χ0v) is 16.6. The number of amides is 3. The Morgan fingerprint density at radius 2 is 2.04 bits per heavy atom. The summed E-state index contributed by atoms with van der Waals surface area (Å²) in [7, 11) is 0. The van der Waals surface area contributed by atoms with E-state index in [1.165, 1.54) is 0 Å². The van der Waals surface area contributed by atoms with Gasteiger partial charge in [0.15, 0.2) is 5.76 Å². The molecule has 3 rings (SSSR count). The van der Waals surface area contributed by atoms with Crippen molar-refractivity contribution in [1.82, 2.24) is 20.3 Å². The van der Waals surface area contributed by atoms with Crippen LogP contribution >= 0.6 is 0 Å². The summed E-state index contributed by atoms with van der Waals surface area (Å²) in [6, 6.07) is 1.88. The van der Waals surface area contributed by atoms with Gasteiger partial charge in [0.2, 0.25) is 17.7 Å². The van der Waals surface area contributed by atoms with Gasteiger partial charge in [0, 0.05) is 45.1 Å². The summed E-state index contributed by atoms with van der Waals surface area (Å²) in [5.41, 5.74) is 0.901. The average Bonchev–Trinajstić information content (AvgIpc) is 3.30. The predicted molar refractivity (Wildman–Crippen MR) is 102 cm³/mol. The van der Waals surface area contributed by atoms with Gasteiger partial charge in [-0.05, 0) is 25.7 Å². The van der Waals surface area contributed by atoms with Crippen molar-refractivity contribution in [1.29, 1.82) is 0 Å². The molecule has 0 aromatic carbocycles. The van der Waals surface area contributed by atoms with Crippen LogP contribution in [0.2, 0.25) is 0 Å². The molecule has 0 spiro atoms. The summed E-state index contributed by atoms with van der Waals surface area (Å²) in [6.07, 6.45) is 5.14. The monoisotopic (exact) mass is 390 g/mol. The summed E-state index contributed by atoms with van der Waals surface area (Å²) in [6.45, 7) is 4.93. The molecule has 2 fully saturated rings. The lowest BCUT2D eigenvalue weighted by atomic mass is 9.96. The van der Waals surface area contributed by atoms with Crippen molar-refractivity contribution in [3.63, 3.8) is 0 Å². The minimum absolute atomic E-state index is 0.0549. The predicted octanol–water partition coefficient (Wildman–Crippen LogP) is 1.49. The number of nitrogens with one attached hydrogen (secondary N) is 1. The molecular weight excluding hydrogens is 360 g/mol. The molecule has 1 aromatic heterocycles. The Balaban J connectivity index is 1.42. The van der Waals surface area contributed by atoms with E-state index in [1.54, 1.807) is 4.90 Å². The van der Waals surface area contributed by atoms with Crippen LogP contribution in [0.3, 0.4) is 0 Å². The molecule has 1 aromatic rings. The molecule has 154 valence electrons. The zero-order valence-electron chi connectivity index (χ0n) is 16.6. The fourth-order valence-corrected chi connectivity index (χ4v) is 3.87. The maximum atomic E-state index is 12.5. The third-order valence-corrected chi connectivity index (χ3v) is 5.45. The van der Waals surface area contributed by atoms with Crippen molar-refractivity contribution in [2.24, 2.45) is 5.92 Å². The Bertz CT molecular complexity index is 702. The molecule has 8 nitrogen and oxygen atoms in total. The number of carbonyl (C=O) groups excluding carboxylic acids is 3. The lowest BCUT2D eigenvalue weighted by Gasteiger charge is -2.32.